The minimum Gasteiger partial charge on any atom is -0.304 e. The Kier molecular flexibility index (Phi) is 2.91. The van der Waals surface area contributed by atoms with Crippen LogP contribution in [0.2, 0.25) is 0 Å². The molecular weight excluding hydrogens is 235 g/mol. The van der Waals surface area contributed by atoms with Crippen molar-refractivity contribution >= 4 is 11.3 Å². The van der Waals surface area contributed by atoms with Crippen LogP contribution in [-0.4, -0.2) is 4.98 Å². The second kappa shape index (κ2) is 4.55. The molecule has 0 fully saturated rings. The Morgan fingerprint density at radius 2 is 2.41 bits per heavy atom. The predicted octanol–water partition coefficient (Wildman–Crippen LogP) is 3.06. The summed E-state index contributed by atoms with van der Waals surface area (Å²) in [6.45, 7) is 0.762. The van der Waals surface area contributed by atoms with Gasteiger partial charge in [-0.15, -0.1) is 11.3 Å². The molecule has 0 spiro atoms. The summed E-state index contributed by atoms with van der Waals surface area (Å²) in [6.07, 6.45) is 3.61. The fourth-order valence-electron chi connectivity index (χ4n) is 2.37. The van der Waals surface area contributed by atoms with Gasteiger partial charge in [-0.3, -0.25) is 0 Å². The Morgan fingerprint density at radius 1 is 1.47 bits per heavy atom. The summed E-state index contributed by atoms with van der Waals surface area (Å²) >= 11 is 1.64. The van der Waals surface area contributed by atoms with E-state index in [0.29, 0.717) is 0 Å². The third-order valence-corrected chi connectivity index (χ3v) is 3.98. The topological polar surface area (TPSA) is 24.9 Å². The van der Waals surface area contributed by atoms with Crippen molar-refractivity contribution in [2.45, 2.75) is 25.4 Å². The van der Waals surface area contributed by atoms with Gasteiger partial charge in [0.25, 0.3) is 0 Å². The van der Waals surface area contributed by atoms with E-state index in [4.69, 9.17) is 0 Å². The highest BCUT2D eigenvalue weighted by molar-refractivity contribution is 7.09. The molecule has 0 aliphatic heterocycles. The Morgan fingerprint density at radius 3 is 3.24 bits per heavy atom. The molecule has 0 bridgehead atoms. The first-order valence-electron chi connectivity index (χ1n) is 5.73. The van der Waals surface area contributed by atoms with E-state index in [-0.39, 0.29) is 11.9 Å². The van der Waals surface area contributed by atoms with Crippen molar-refractivity contribution < 1.29 is 4.39 Å². The van der Waals surface area contributed by atoms with E-state index in [1.54, 1.807) is 23.5 Å². The average molecular weight is 248 g/mol. The lowest BCUT2D eigenvalue weighted by atomic mass is 10.1. The lowest BCUT2D eigenvalue weighted by Gasteiger charge is -2.12. The standard InChI is InChI=1S/C13H13FN2S/c14-11-3-1-2-10-9(11)4-5-12(10)16-8-13-15-6-7-17-13/h1-3,6-7,12,16H,4-5,8H2. The number of aromatic nitrogens is 1. The van der Waals surface area contributed by atoms with Crippen molar-refractivity contribution in [1.82, 2.24) is 10.3 Å². The second-order valence-corrected chi connectivity index (χ2v) is 5.18. The molecule has 1 heterocycles. The number of nitrogens with zero attached hydrogens (tertiary/aromatic N) is 1. The SMILES string of the molecule is Fc1cccc2c1CCC2NCc1nccs1. The Hall–Kier alpha value is -1.26. The Balaban J connectivity index is 1.73. The summed E-state index contributed by atoms with van der Waals surface area (Å²) in [7, 11) is 0. The third-order valence-electron chi connectivity index (χ3n) is 3.20. The number of hydrogen-bond donors (Lipinski definition) is 1. The maximum absolute atomic E-state index is 13.5. The van der Waals surface area contributed by atoms with Gasteiger partial charge in [0, 0.05) is 24.2 Å². The molecule has 0 saturated heterocycles. The van der Waals surface area contributed by atoms with Gasteiger partial charge in [0.05, 0.1) is 0 Å². The van der Waals surface area contributed by atoms with Gasteiger partial charge in [-0.25, -0.2) is 9.37 Å². The van der Waals surface area contributed by atoms with Crippen LogP contribution >= 0.6 is 11.3 Å². The van der Waals surface area contributed by atoms with Crippen LogP contribution in [0.25, 0.3) is 0 Å². The maximum Gasteiger partial charge on any atom is 0.126 e. The van der Waals surface area contributed by atoms with Crippen molar-refractivity contribution in [2.75, 3.05) is 0 Å². The summed E-state index contributed by atoms with van der Waals surface area (Å²) in [5.74, 6) is -0.0685. The van der Waals surface area contributed by atoms with Crippen molar-refractivity contribution in [3.63, 3.8) is 0 Å². The van der Waals surface area contributed by atoms with Crippen LogP contribution in [0.15, 0.2) is 29.8 Å². The molecule has 0 amide bonds. The highest BCUT2D eigenvalue weighted by Gasteiger charge is 2.24. The molecule has 1 aromatic heterocycles. The van der Waals surface area contributed by atoms with Crippen LogP contribution < -0.4 is 5.32 Å². The molecule has 2 nitrogen and oxygen atoms in total. The van der Waals surface area contributed by atoms with Crippen LogP contribution in [0.5, 0.6) is 0 Å². The van der Waals surface area contributed by atoms with Gasteiger partial charge < -0.3 is 5.32 Å². The van der Waals surface area contributed by atoms with Gasteiger partial charge in [-0.2, -0.15) is 0 Å². The van der Waals surface area contributed by atoms with Gasteiger partial charge in [0.1, 0.15) is 10.8 Å². The van der Waals surface area contributed by atoms with E-state index in [9.17, 15) is 4.39 Å². The lowest BCUT2D eigenvalue weighted by Crippen LogP contribution is -2.18. The smallest absolute Gasteiger partial charge is 0.126 e. The average Bonchev–Trinajstić information content (AvgIpc) is 2.95. The fourth-order valence-corrected chi connectivity index (χ4v) is 2.94. The van der Waals surface area contributed by atoms with Crippen LogP contribution in [0.4, 0.5) is 4.39 Å². The molecule has 0 radical (unpaired) electrons. The Labute approximate surface area is 104 Å². The summed E-state index contributed by atoms with van der Waals surface area (Å²) < 4.78 is 13.5. The first-order valence-corrected chi connectivity index (χ1v) is 6.61. The van der Waals surface area contributed by atoms with E-state index in [1.807, 2.05) is 17.6 Å². The number of benzene rings is 1. The molecule has 17 heavy (non-hydrogen) atoms. The lowest BCUT2D eigenvalue weighted by molar-refractivity contribution is 0.529. The zero-order valence-corrected chi connectivity index (χ0v) is 10.1. The van der Waals surface area contributed by atoms with Crippen molar-refractivity contribution in [1.29, 1.82) is 0 Å². The molecule has 1 atom stereocenters. The zero-order valence-electron chi connectivity index (χ0n) is 9.32. The van der Waals surface area contributed by atoms with E-state index in [0.717, 1.165) is 35.5 Å². The minimum absolute atomic E-state index is 0.0685. The number of rotatable bonds is 3. The first kappa shape index (κ1) is 10.9. The van der Waals surface area contributed by atoms with E-state index >= 15 is 0 Å². The molecular formula is C13H13FN2S. The normalized spacial score (nSPS) is 18.3. The zero-order chi connectivity index (χ0) is 11.7. The fraction of sp³-hybridized carbons (Fsp3) is 0.308. The quantitative estimate of drug-likeness (QED) is 0.903. The van der Waals surface area contributed by atoms with Crippen molar-refractivity contribution in [3.05, 3.63) is 51.7 Å². The van der Waals surface area contributed by atoms with Crippen LogP contribution in [0.1, 0.15) is 28.6 Å². The summed E-state index contributed by atoms with van der Waals surface area (Å²) in [6, 6.07) is 5.62. The molecule has 1 aliphatic rings. The summed E-state index contributed by atoms with van der Waals surface area (Å²) in [5.41, 5.74) is 1.99. The molecule has 88 valence electrons. The molecule has 1 N–H and O–H groups in total. The van der Waals surface area contributed by atoms with Gasteiger partial charge in [0.2, 0.25) is 0 Å². The molecule has 1 aromatic carbocycles. The largest absolute Gasteiger partial charge is 0.304 e. The maximum atomic E-state index is 13.5. The third kappa shape index (κ3) is 2.10. The van der Waals surface area contributed by atoms with Crippen LogP contribution in [0.3, 0.4) is 0 Å². The van der Waals surface area contributed by atoms with Crippen molar-refractivity contribution in [3.8, 4) is 0 Å². The minimum atomic E-state index is -0.0685. The van der Waals surface area contributed by atoms with E-state index in [2.05, 4.69) is 10.3 Å². The predicted molar refractivity (Wildman–Crippen MR) is 66.4 cm³/mol. The van der Waals surface area contributed by atoms with Gasteiger partial charge in [-0.05, 0) is 30.0 Å². The number of halogens is 1. The number of nitrogens with one attached hydrogen (secondary N) is 1. The number of fused-ring (bicyclic) bond motifs is 1. The van der Waals surface area contributed by atoms with E-state index in [1.165, 1.54) is 0 Å². The highest BCUT2D eigenvalue weighted by Crippen LogP contribution is 2.32. The first-order chi connectivity index (χ1) is 8.34. The second-order valence-electron chi connectivity index (χ2n) is 4.21. The molecule has 3 rings (SSSR count). The van der Waals surface area contributed by atoms with Crippen LogP contribution in [0, 0.1) is 5.82 Å². The summed E-state index contributed by atoms with van der Waals surface area (Å²) in [4.78, 5) is 4.23. The van der Waals surface area contributed by atoms with E-state index < -0.39 is 0 Å². The van der Waals surface area contributed by atoms with Gasteiger partial charge in [0.15, 0.2) is 0 Å². The van der Waals surface area contributed by atoms with Crippen molar-refractivity contribution in [2.24, 2.45) is 0 Å². The number of hydrogen-bond acceptors (Lipinski definition) is 3. The molecule has 4 heteroatoms. The summed E-state index contributed by atoms with van der Waals surface area (Å²) in [5, 5.41) is 6.50. The monoisotopic (exact) mass is 248 g/mol. The van der Waals surface area contributed by atoms with Gasteiger partial charge >= 0.3 is 0 Å². The molecule has 2 aromatic rings. The van der Waals surface area contributed by atoms with Crippen LogP contribution in [-0.2, 0) is 13.0 Å². The Bertz CT molecular complexity index is 510. The molecule has 1 aliphatic carbocycles. The highest BCUT2D eigenvalue weighted by atomic mass is 32.1. The number of thiazole rings is 1. The molecule has 0 saturated carbocycles. The molecule has 1 unspecified atom stereocenters. The van der Waals surface area contributed by atoms with Gasteiger partial charge in [-0.1, -0.05) is 12.1 Å².